The number of rotatable bonds is 7. The highest BCUT2D eigenvalue weighted by molar-refractivity contribution is 6.32. The van der Waals surface area contributed by atoms with E-state index in [1.807, 2.05) is 24.3 Å². The molecule has 0 saturated carbocycles. The average molecular weight is 361 g/mol. The summed E-state index contributed by atoms with van der Waals surface area (Å²) < 4.78 is 5.40. The fourth-order valence-electron chi connectivity index (χ4n) is 2.20. The second-order valence-electron chi connectivity index (χ2n) is 5.33. The summed E-state index contributed by atoms with van der Waals surface area (Å²) in [6.45, 7) is 4.37. The van der Waals surface area contributed by atoms with Crippen molar-refractivity contribution in [3.05, 3.63) is 81.4 Å². The zero-order valence-corrected chi connectivity index (χ0v) is 14.4. The monoisotopic (exact) mass is 360 g/mol. The van der Waals surface area contributed by atoms with Gasteiger partial charge >= 0.3 is 0 Å². The van der Waals surface area contributed by atoms with Crippen LogP contribution in [0.3, 0.4) is 0 Å². The molecule has 6 nitrogen and oxygen atoms in total. The highest BCUT2D eigenvalue weighted by atomic mass is 35.5. The van der Waals surface area contributed by atoms with Gasteiger partial charge in [0.1, 0.15) is 17.4 Å². The van der Waals surface area contributed by atoms with E-state index >= 15 is 0 Å². The molecule has 0 atom stereocenters. The van der Waals surface area contributed by atoms with Crippen LogP contribution in [0.1, 0.15) is 15.9 Å². The number of carbonyl (C=O) groups excluding carboxylic acids is 1. The molecule has 7 heteroatoms. The van der Waals surface area contributed by atoms with Crippen LogP contribution in [0.2, 0.25) is 5.02 Å². The molecule has 0 spiro atoms. The van der Waals surface area contributed by atoms with E-state index in [0.29, 0.717) is 18.9 Å². The van der Waals surface area contributed by atoms with Crippen molar-refractivity contribution in [1.82, 2.24) is 4.90 Å². The van der Waals surface area contributed by atoms with Gasteiger partial charge in [-0.2, -0.15) is 0 Å². The highest BCUT2D eigenvalue weighted by Gasteiger charge is 2.18. The number of hydrogen-bond acceptors (Lipinski definition) is 4. The fourth-order valence-corrected chi connectivity index (χ4v) is 2.38. The number of halogens is 1. The van der Waals surface area contributed by atoms with Crippen molar-refractivity contribution in [2.75, 3.05) is 13.7 Å². The number of hydrogen-bond donors (Lipinski definition) is 0. The molecule has 130 valence electrons. The molecule has 1 amide bonds. The van der Waals surface area contributed by atoms with E-state index < -0.39 is 4.92 Å². The van der Waals surface area contributed by atoms with Crippen molar-refractivity contribution in [2.24, 2.45) is 0 Å². The lowest BCUT2D eigenvalue weighted by Gasteiger charge is -2.17. The first-order valence-electron chi connectivity index (χ1n) is 7.44. The van der Waals surface area contributed by atoms with Crippen LogP contribution < -0.4 is 4.74 Å². The van der Waals surface area contributed by atoms with Crippen LogP contribution in [-0.2, 0) is 6.54 Å². The largest absolute Gasteiger partial charge is 0.490 e. The molecule has 0 bridgehead atoms. The first-order chi connectivity index (χ1) is 11.9. The number of ether oxygens (including phenoxy) is 1. The molecule has 0 radical (unpaired) electrons. The maximum absolute atomic E-state index is 12.5. The van der Waals surface area contributed by atoms with Gasteiger partial charge in [-0.05, 0) is 29.8 Å². The van der Waals surface area contributed by atoms with Crippen LogP contribution in [0.15, 0.2) is 55.1 Å². The van der Waals surface area contributed by atoms with E-state index in [9.17, 15) is 14.9 Å². The minimum Gasteiger partial charge on any atom is -0.490 e. The molecule has 2 aromatic rings. The van der Waals surface area contributed by atoms with Crippen LogP contribution >= 0.6 is 11.6 Å². The molecular weight excluding hydrogens is 344 g/mol. The number of nitrogens with zero attached hydrogens (tertiary/aromatic N) is 2. The summed E-state index contributed by atoms with van der Waals surface area (Å²) in [6.07, 6.45) is 1.66. The summed E-state index contributed by atoms with van der Waals surface area (Å²) in [5.41, 5.74) is 0.833. The number of nitro benzene ring substituents is 1. The quantitative estimate of drug-likeness (QED) is 0.423. The molecular formula is C18H17ClN2O4. The van der Waals surface area contributed by atoms with E-state index in [-0.39, 0.29) is 22.2 Å². The average Bonchev–Trinajstić information content (AvgIpc) is 2.60. The molecule has 2 rings (SSSR count). The minimum absolute atomic E-state index is 0.000633. The molecule has 0 aliphatic carbocycles. The van der Waals surface area contributed by atoms with Gasteiger partial charge in [0.05, 0.1) is 4.92 Å². The molecule has 0 unspecified atom stereocenters. The van der Waals surface area contributed by atoms with E-state index in [0.717, 1.165) is 5.56 Å². The van der Waals surface area contributed by atoms with Crippen LogP contribution in [0.25, 0.3) is 0 Å². The molecule has 0 aliphatic rings. The number of nitro groups is 1. The van der Waals surface area contributed by atoms with Crippen LogP contribution in [-0.4, -0.2) is 29.4 Å². The van der Waals surface area contributed by atoms with Gasteiger partial charge in [0.25, 0.3) is 11.6 Å². The topological polar surface area (TPSA) is 72.7 Å². The van der Waals surface area contributed by atoms with Crippen LogP contribution in [0.4, 0.5) is 5.69 Å². The maximum atomic E-state index is 12.5. The van der Waals surface area contributed by atoms with Gasteiger partial charge in [0, 0.05) is 25.2 Å². The Bertz CT molecular complexity index is 790. The minimum atomic E-state index is -0.610. The van der Waals surface area contributed by atoms with Crippen molar-refractivity contribution in [3.8, 4) is 5.75 Å². The predicted octanol–water partition coefficient (Wildman–Crippen LogP) is 4.09. The van der Waals surface area contributed by atoms with Crippen LogP contribution in [0.5, 0.6) is 5.75 Å². The SMILES string of the molecule is C=CCOc1ccc(CN(C)C(=O)c2ccc(Cl)c([N+](=O)[O-])c2)cc1. The molecule has 0 saturated heterocycles. The lowest BCUT2D eigenvalue weighted by molar-refractivity contribution is -0.384. The predicted molar refractivity (Wildman–Crippen MR) is 96.0 cm³/mol. The third kappa shape index (κ3) is 4.81. The van der Waals surface area contributed by atoms with Crippen molar-refractivity contribution < 1.29 is 14.5 Å². The summed E-state index contributed by atoms with van der Waals surface area (Å²) in [7, 11) is 1.63. The van der Waals surface area contributed by atoms with Gasteiger partial charge in [-0.1, -0.05) is 36.4 Å². The van der Waals surface area contributed by atoms with Crippen molar-refractivity contribution in [3.63, 3.8) is 0 Å². The summed E-state index contributed by atoms with van der Waals surface area (Å²) in [5, 5.41) is 10.9. The van der Waals surface area contributed by atoms with Crippen molar-refractivity contribution in [1.29, 1.82) is 0 Å². The standard InChI is InChI=1S/C18H17ClN2O4/c1-3-10-25-15-7-4-13(5-8-15)12-20(2)18(22)14-6-9-16(19)17(11-14)21(23)24/h3-9,11H,1,10,12H2,2H3. The smallest absolute Gasteiger partial charge is 0.288 e. The van der Waals surface area contributed by atoms with Crippen molar-refractivity contribution in [2.45, 2.75) is 6.54 Å². The van der Waals surface area contributed by atoms with E-state index in [1.54, 1.807) is 13.1 Å². The molecule has 0 aliphatic heterocycles. The zero-order valence-electron chi connectivity index (χ0n) is 13.6. The lowest BCUT2D eigenvalue weighted by atomic mass is 10.1. The molecule has 0 aromatic heterocycles. The van der Waals surface area contributed by atoms with Gasteiger partial charge in [-0.3, -0.25) is 14.9 Å². The van der Waals surface area contributed by atoms with Gasteiger partial charge in [-0.25, -0.2) is 0 Å². The van der Waals surface area contributed by atoms with Crippen molar-refractivity contribution >= 4 is 23.2 Å². The Morgan fingerprint density at radius 3 is 2.60 bits per heavy atom. The normalized spacial score (nSPS) is 10.2. The molecule has 0 fully saturated rings. The third-order valence-electron chi connectivity index (χ3n) is 3.45. The third-order valence-corrected chi connectivity index (χ3v) is 3.77. The summed E-state index contributed by atoms with van der Waals surface area (Å²) in [6, 6.07) is 11.3. The van der Waals surface area contributed by atoms with Gasteiger partial charge in [-0.15, -0.1) is 0 Å². The summed E-state index contributed by atoms with van der Waals surface area (Å²) >= 11 is 5.77. The molecule has 25 heavy (non-hydrogen) atoms. The second-order valence-corrected chi connectivity index (χ2v) is 5.74. The summed E-state index contributed by atoms with van der Waals surface area (Å²) in [4.78, 5) is 24.3. The second kappa shape index (κ2) is 8.30. The Balaban J connectivity index is 2.08. The van der Waals surface area contributed by atoms with Gasteiger partial charge in [0.15, 0.2) is 0 Å². The Hall–Kier alpha value is -2.86. The van der Waals surface area contributed by atoms with E-state index in [4.69, 9.17) is 16.3 Å². The first kappa shape index (κ1) is 18.5. The Morgan fingerprint density at radius 2 is 2.00 bits per heavy atom. The maximum Gasteiger partial charge on any atom is 0.288 e. The fraction of sp³-hybridized carbons (Fsp3) is 0.167. The Morgan fingerprint density at radius 1 is 1.32 bits per heavy atom. The Kier molecular flexibility index (Phi) is 6.14. The first-order valence-corrected chi connectivity index (χ1v) is 7.82. The van der Waals surface area contributed by atoms with E-state index in [2.05, 4.69) is 6.58 Å². The number of benzene rings is 2. The molecule has 0 heterocycles. The number of amides is 1. The zero-order chi connectivity index (χ0) is 18.4. The number of carbonyl (C=O) groups is 1. The molecule has 2 aromatic carbocycles. The highest BCUT2D eigenvalue weighted by Crippen LogP contribution is 2.25. The molecule has 0 N–H and O–H groups in total. The summed E-state index contributed by atoms with van der Waals surface area (Å²) in [5.74, 6) is 0.387. The lowest BCUT2D eigenvalue weighted by Crippen LogP contribution is -2.26. The van der Waals surface area contributed by atoms with Crippen LogP contribution in [0, 0.1) is 10.1 Å². The van der Waals surface area contributed by atoms with Gasteiger partial charge in [0.2, 0.25) is 0 Å². The van der Waals surface area contributed by atoms with Gasteiger partial charge < -0.3 is 9.64 Å². The van der Waals surface area contributed by atoms with E-state index in [1.165, 1.54) is 23.1 Å². The Labute approximate surface area is 150 Å².